The van der Waals surface area contributed by atoms with Crippen LogP contribution in [-0.4, -0.2) is 32.7 Å². The first kappa shape index (κ1) is 14.3. The number of rotatable bonds is 6. The normalized spacial score (nSPS) is 11.8. The highest BCUT2D eigenvalue weighted by Gasteiger charge is 2.10. The fraction of sp³-hybridized carbons (Fsp3) is 0.462. The molecule has 1 atom stereocenters. The van der Waals surface area contributed by atoms with Crippen molar-refractivity contribution in [1.82, 2.24) is 5.32 Å². The minimum absolute atomic E-state index is 0.0493. The molecule has 0 aliphatic heterocycles. The van der Waals surface area contributed by atoms with Gasteiger partial charge in [0.15, 0.2) is 0 Å². The molecule has 3 N–H and O–H groups in total. The van der Waals surface area contributed by atoms with Gasteiger partial charge in [-0.3, -0.25) is 4.79 Å². The quantitative estimate of drug-likeness (QED) is 0.782. The van der Waals surface area contributed by atoms with E-state index in [1.54, 1.807) is 26.4 Å². The molecule has 5 heteroatoms. The first-order valence-corrected chi connectivity index (χ1v) is 5.80. The molecule has 1 aromatic carbocycles. The monoisotopic (exact) mass is 252 g/mol. The van der Waals surface area contributed by atoms with Gasteiger partial charge in [0.2, 0.25) is 5.91 Å². The van der Waals surface area contributed by atoms with E-state index in [9.17, 15) is 4.79 Å². The van der Waals surface area contributed by atoms with Crippen LogP contribution in [0.25, 0.3) is 0 Å². The Morgan fingerprint density at radius 3 is 2.67 bits per heavy atom. The summed E-state index contributed by atoms with van der Waals surface area (Å²) in [6.07, 6.45) is 0.264. The van der Waals surface area contributed by atoms with E-state index in [1.807, 2.05) is 13.0 Å². The summed E-state index contributed by atoms with van der Waals surface area (Å²) in [5.41, 5.74) is 6.39. The standard InChI is InChI=1S/C13H20N2O3/c1-9(14)8-15-13(16)6-10-4-5-11(17-2)7-12(10)18-3/h4-5,7,9H,6,8,14H2,1-3H3,(H,15,16). The molecule has 0 fully saturated rings. The summed E-state index contributed by atoms with van der Waals surface area (Å²) < 4.78 is 10.3. The van der Waals surface area contributed by atoms with E-state index in [2.05, 4.69) is 5.32 Å². The van der Waals surface area contributed by atoms with Gasteiger partial charge in [0.05, 0.1) is 20.6 Å². The fourth-order valence-electron chi connectivity index (χ4n) is 1.51. The van der Waals surface area contributed by atoms with Crippen LogP contribution >= 0.6 is 0 Å². The highest BCUT2D eigenvalue weighted by molar-refractivity contribution is 5.79. The van der Waals surface area contributed by atoms with Gasteiger partial charge >= 0.3 is 0 Å². The maximum atomic E-state index is 11.7. The average molecular weight is 252 g/mol. The first-order chi connectivity index (χ1) is 8.56. The predicted molar refractivity (Wildman–Crippen MR) is 69.9 cm³/mol. The number of hydrogen-bond donors (Lipinski definition) is 2. The largest absolute Gasteiger partial charge is 0.497 e. The molecule has 0 aliphatic rings. The SMILES string of the molecule is COc1ccc(CC(=O)NCC(C)N)c(OC)c1. The minimum atomic E-state index is -0.0734. The van der Waals surface area contributed by atoms with Crippen LogP contribution in [0.2, 0.25) is 0 Å². The lowest BCUT2D eigenvalue weighted by atomic mass is 10.1. The molecule has 0 aromatic heterocycles. The smallest absolute Gasteiger partial charge is 0.224 e. The number of hydrogen-bond acceptors (Lipinski definition) is 4. The Morgan fingerprint density at radius 2 is 2.11 bits per heavy atom. The topological polar surface area (TPSA) is 73.6 Å². The van der Waals surface area contributed by atoms with E-state index in [1.165, 1.54) is 0 Å². The molecule has 1 unspecified atom stereocenters. The lowest BCUT2D eigenvalue weighted by Crippen LogP contribution is -2.35. The number of benzene rings is 1. The molecule has 0 saturated heterocycles. The maximum absolute atomic E-state index is 11.7. The highest BCUT2D eigenvalue weighted by Crippen LogP contribution is 2.24. The number of ether oxygens (including phenoxy) is 2. The van der Waals surface area contributed by atoms with Gasteiger partial charge in [-0.1, -0.05) is 6.07 Å². The van der Waals surface area contributed by atoms with Crippen molar-refractivity contribution in [2.45, 2.75) is 19.4 Å². The maximum Gasteiger partial charge on any atom is 0.224 e. The Morgan fingerprint density at radius 1 is 1.39 bits per heavy atom. The Kier molecular flexibility index (Phi) is 5.45. The lowest BCUT2D eigenvalue weighted by molar-refractivity contribution is -0.120. The molecule has 0 spiro atoms. The van der Waals surface area contributed by atoms with Gasteiger partial charge in [0, 0.05) is 24.2 Å². The van der Waals surface area contributed by atoms with Crippen LogP contribution < -0.4 is 20.5 Å². The van der Waals surface area contributed by atoms with E-state index >= 15 is 0 Å². The van der Waals surface area contributed by atoms with E-state index in [0.717, 1.165) is 5.56 Å². The third kappa shape index (κ3) is 4.25. The van der Waals surface area contributed by atoms with Crippen LogP contribution in [-0.2, 0) is 11.2 Å². The molecule has 1 rings (SSSR count). The molecular formula is C13H20N2O3. The van der Waals surface area contributed by atoms with Gasteiger partial charge in [0.25, 0.3) is 0 Å². The molecule has 1 aromatic rings. The zero-order chi connectivity index (χ0) is 13.5. The van der Waals surface area contributed by atoms with Gasteiger partial charge < -0.3 is 20.5 Å². The van der Waals surface area contributed by atoms with Crippen LogP contribution in [0.1, 0.15) is 12.5 Å². The Hall–Kier alpha value is -1.75. The summed E-state index contributed by atoms with van der Waals surface area (Å²) in [4.78, 5) is 11.7. The van der Waals surface area contributed by atoms with E-state index in [4.69, 9.17) is 15.2 Å². The van der Waals surface area contributed by atoms with Crippen molar-refractivity contribution in [2.75, 3.05) is 20.8 Å². The summed E-state index contributed by atoms with van der Waals surface area (Å²) >= 11 is 0. The second kappa shape index (κ2) is 6.86. The van der Waals surface area contributed by atoms with E-state index in [0.29, 0.717) is 18.0 Å². The zero-order valence-corrected chi connectivity index (χ0v) is 11.0. The van der Waals surface area contributed by atoms with E-state index in [-0.39, 0.29) is 18.4 Å². The predicted octanol–water partition coefficient (Wildman–Crippen LogP) is 0.710. The summed E-state index contributed by atoms with van der Waals surface area (Å²) in [5, 5.41) is 2.76. The van der Waals surface area contributed by atoms with Crippen molar-refractivity contribution in [3.05, 3.63) is 23.8 Å². The van der Waals surface area contributed by atoms with E-state index < -0.39 is 0 Å². The molecule has 1 amide bonds. The Bertz CT molecular complexity index is 405. The van der Waals surface area contributed by atoms with Crippen LogP contribution in [0.15, 0.2) is 18.2 Å². The summed E-state index contributed by atoms with van der Waals surface area (Å²) in [6.45, 7) is 2.31. The van der Waals surface area contributed by atoms with Crippen LogP contribution in [0.4, 0.5) is 0 Å². The Labute approximate surface area is 107 Å². The summed E-state index contributed by atoms with van der Waals surface area (Å²) in [7, 11) is 3.15. The number of amides is 1. The molecule has 5 nitrogen and oxygen atoms in total. The zero-order valence-electron chi connectivity index (χ0n) is 11.0. The fourth-order valence-corrected chi connectivity index (χ4v) is 1.51. The van der Waals surface area contributed by atoms with Crippen molar-refractivity contribution in [3.63, 3.8) is 0 Å². The number of carbonyl (C=O) groups is 1. The van der Waals surface area contributed by atoms with Gasteiger partial charge in [-0.2, -0.15) is 0 Å². The van der Waals surface area contributed by atoms with Crippen molar-refractivity contribution >= 4 is 5.91 Å². The van der Waals surface area contributed by atoms with Crippen LogP contribution in [0, 0.1) is 0 Å². The van der Waals surface area contributed by atoms with Crippen molar-refractivity contribution in [1.29, 1.82) is 0 Å². The second-order valence-corrected chi connectivity index (χ2v) is 4.14. The number of nitrogens with two attached hydrogens (primary N) is 1. The highest BCUT2D eigenvalue weighted by atomic mass is 16.5. The second-order valence-electron chi connectivity index (χ2n) is 4.14. The van der Waals surface area contributed by atoms with Crippen LogP contribution in [0.3, 0.4) is 0 Å². The number of nitrogens with one attached hydrogen (secondary N) is 1. The van der Waals surface area contributed by atoms with Gasteiger partial charge in [-0.05, 0) is 13.0 Å². The lowest BCUT2D eigenvalue weighted by Gasteiger charge is -2.11. The first-order valence-electron chi connectivity index (χ1n) is 5.80. The molecule has 0 aliphatic carbocycles. The summed E-state index contributed by atoms with van der Waals surface area (Å²) in [6, 6.07) is 5.33. The number of methoxy groups -OCH3 is 2. The van der Waals surface area contributed by atoms with Gasteiger partial charge in [-0.25, -0.2) is 0 Å². The number of carbonyl (C=O) groups excluding carboxylic acids is 1. The molecule has 18 heavy (non-hydrogen) atoms. The minimum Gasteiger partial charge on any atom is -0.497 e. The van der Waals surface area contributed by atoms with Crippen molar-refractivity contribution < 1.29 is 14.3 Å². The molecule has 0 saturated carbocycles. The third-order valence-electron chi connectivity index (χ3n) is 2.47. The molecule has 0 bridgehead atoms. The van der Waals surface area contributed by atoms with Crippen molar-refractivity contribution in [3.8, 4) is 11.5 Å². The third-order valence-corrected chi connectivity index (χ3v) is 2.47. The molecule has 0 heterocycles. The van der Waals surface area contributed by atoms with Gasteiger partial charge in [0.1, 0.15) is 11.5 Å². The van der Waals surface area contributed by atoms with Gasteiger partial charge in [-0.15, -0.1) is 0 Å². The Balaban J connectivity index is 2.68. The molecular weight excluding hydrogens is 232 g/mol. The van der Waals surface area contributed by atoms with Crippen molar-refractivity contribution in [2.24, 2.45) is 5.73 Å². The average Bonchev–Trinajstić information content (AvgIpc) is 2.36. The summed E-state index contributed by atoms with van der Waals surface area (Å²) in [5.74, 6) is 1.27. The molecule has 100 valence electrons. The molecule has 0 radical (unpaired) electrons. The van der Waals surface area contributed by atoms with Crippen LogP contribution in [0.5, 0.6) is 11.5 Å².